The highest BCUT2D eigenvalue weighted by molar-refractivity contribution is 5.65. The molecule has 1 N–H and O–H groups in total. The summed E-state index contributed by atoms with van der Waals surface area (Å²) < 4.78 is 52.9. The summed E-state index contributed by atoms with van der Waals surface area (Å²) in [6.45, 7) is 0. The van der Waals surface area contributed by atoms with Crippen molar-refractivity contribution in [2.24, 2.45) is 0 Å². The van der Waals surface area contributed by atoms with Gasteiger partial charge in [0.2, 0.25) is 0 Å². The lowest BCUT2D eigenvalue weighted by Gasteiger charge is -2.10. The lowest BCUT2D eigenvalue weighted by atomic mass is 10.1. The minimum Gasteiger partial charge on any atom is -0.508 e. The maximum absolute atomic E-state index is 13.5. The monoisotopic (exact) mass is 272 g/mol. The van der Waals surface area contributed by atoms with Crippen molar-refractivity contribution >= 4 is 0 Å². The molecule has 0 saturated heterocycles. The molecule has 6 heteroatoms. The number of hydrogen-bond acceptors (Lipinski definition) is 2. The van der Waals surface area contributed by atoms with Gasteiger partial charge in [0.1, 0.15) is 5.75 Å². The van der Waals surface area contributed by atoms with Gasteiger partial charge in [0.25, 0.3) is 0 Å². The standard InChI is InChI=1S/C13H8F4O2/c14-11-7-9(8-1-4-10(18)5-2-8)3-6-12(11)19-13(15,16)17/h1-7,18H. The van der Waals surface area contributed by atoms with E-state index in [4.69, 9.17) is 5.11 Å². The van der Waals surface area contributed by atoms with Crippen LogP contribution in [0.2, 0.25) is 0 Å². The topological polar surface area (TPSA) is 29.5 Å². The Bertz CT molecular complexity index is 576. The van der Waals surface area contributed by atoms with Gasteiger partial charge in [-0.3, -0.25) is 0 Å². The molecule has 0 saturated carbocycles. The molecule has 0 aliphatic carbocycles. The number of phenols is 1. The lowest BCUT2D eigenvalue weighted by Crippen LogP contribution is -2.17. The quantitative estimate of drug-likeness (QED) is 0.834. The first kappa shape index (κ1) is 13.2. The summed E-state index contributed by atoms with van der Waals surface area (Å²) in [6.07, 6.45) is -4.93. The van der Waals surface area contributed by atoms with Gasteiger partial charge < -0.3 is 9.84 Å². The van der Waals surface area contributed by atoms with E-state index in [1.54, 1.807) is 0 Å². The summed E-state index contributed by atoms with van der Waals surface area (Å²) in [4.78, 5) is 0. The smallest absolute Gasteiger partial charge is 0.508 e. The van der Waals surface area contributed by atoms with Gasteiger partial charge in [-0.1, -0.05) is 18.2 Å². The van der Waals surface area contributed by atoms with Crippen molar-refractivity contribution in [3.63, 3.8) is 0 Å². The fraction of sp³-hybridized carbons (Fsp3) is 0.0769. The normalized spacial score (nSPS) is 11.4. The highest BCUT2D eigenvalue weighted by Gasteiger charge is 2.32. The molecule has 0 bridgehead atoms. The van der Waals surface area contributed by atoms with E-state index in [1.165, 1.54) is 30.3 Å². The molecule has 2 aromatic rings. The van der Waals surface area contributed by atoms with Crippen molar-refractivity contribution in [1.82, 2.24) is 0 Å². The first-order chi connectivity index (χ1) is 8.85. The molecule has 100 valence electrons. The van der Waals surface area contributed by atoms with Crippen LogP contribution < -0.4 is 4.74 Å². The van der Waals surface area contributed by atoms with Crippen LogP contribution in [0.4, 0.5) is 17.6 Å². The van der Waals surface area contributed by atoms with Gasteiger partial charge in [0.15, 0.2) is 11.6 Å². The van der Waals surface area contributed by atoms with Gasteiger partial charge in [-0.2, -0.15) is 0 Å². The zero-order chi connectivity index (χ0) is 14.0. The molecule has 0 amide bonds. The summed E-state index contributed by atoms with van der Waals surface area (Å²) in [5.41, 5.74) is 0.947. The van der Waals surface area contributed by atoms with Gasteiger partial charge in [-0.05, 0) is 35.4 Å². The Morgan fingerprint density at radius 3 is 2.00 bits per heavy atom. The van der Waals surface area contributed by atoms with Crippen LogP contribution >= 0.6 is 0 Å². The maximum Gasteiger partial charge on any atom is 0.573 e. The van der Waals surface area contributed by atoms with Crippen molar-refractivity contribution in [1.29, 1.82) is 0 Å². The second-order valence-electron chi connectivity index (χ2n) is 3.74. The Hall–Kier alpha value is -2.24. The third kappa shape index (κ3) is 3.37. The maximum atomic E-state index is 13.5. The first-order valence-electron chi connectivity index (χ1n) is 5.20. The SMILES string of the molecule is Oc1ccc(-c2ccc(OC(F)(F)F)c(F)c2)cc1. The van der Waals surface area contributed by atoms with Crippen LogP contribution in [0.15, 0.2) is 42.5 Å². The van der Waals surface area contributed by atoms with Crippen molar-refractivity contribution in [2.45, 2.75) is 6.36 Å². The average molecular weight is 272 g/mol. The Morgan fingerprint density at radius 2 is 1.47 bits per heavy atom. The number of rotatable bonds is 2. The number of ether oxygens (including phenoxy) is 1. The largest absolute Gasteiger partial charge is 0.573 e. The number of hydrogen-bond donors (Lipinski definition) is 1. The molecule has 0 unspecified atom stereocenters. The van der Waals surface area contributed by atoms with Crippen LogP contribution in [0.1, 0.15) is 0 Å². The third-order valence-corrected chi connectivity index (χ3v) is 2.36. The molecular weight excluding hydrogens is 264 g/mol. The van der Waals surface area contributed by atoms with E-state index in [1.807, 2.05) is 0 Å². The number of halogens is 4. The highest BCUT2D eigenvalue weighted by atomic mass is 19.4. The third-order valence-electron chi connectivity index (χ3n) is 2.36. The fourth-order valence-electron chi connectivity index (χ4n) is 1.54. The predicted octanol–water partition coefficient (Wildman–Crippen LogP) is 4.10. The van der Waals surface area contributed by atoms with E-state index in [0.29, 0.717) is 11.1 Å². The van der Waals surface area contributed by atoms with Crippen LogP contribution in [0.5, 0.6) is 11.5 Å². The molecule has 0 fully saturated rings. The van der Waals surface area contributed by atoms with Gasteiger partial charge in [0.05, 0.1) is 0 Å². The van der Waals surface area contributed by atoms with E-state index in [0.717, 1.165) is 12.1 Å². The van der Waals surface area contributed by atoms with Crippen molar-refractivity contribution in [3.8, 4) is 22.6 Å². The Morgan fingerprint density at radius 1 is 0.895 bits per heavy atom. The van der Waals surface area contributed by atoms with Crippen LogP contribution in [-0.2, 0) is 0 Å². The Labute approximate surface area is 105 Å². The molecular formula is C13H8F4O2. The molecule has 0 radical (unpaired) electrons. The highest BCUT2D eigenvalue weighted by Crippen LogP contribution is 2.30. The van der Waals surface area contributed by atoms with Gasteiger partial charge in [-0.15, -0.1) is 13.2 Å². The molecule has 2 aromatic carbocycles. The van der Waals surface area contributed by atoms with Crippen LogP contribution in [0.25, 0.3) is 11.1 Å². The zero-order valence-corrected chi connectivity index (χ0v) is 9.41. The minimum atomic E-state index is -4.93. The lowest BCUT2D eigenvalue weighted by molar-refractivity contribution is -0.275. The summed E-state index contributed by atoms with van der Waals surface area (Å²) in [5, 5.41) is 9.11. The molecule has 0 aliphatic rings. The van der Waals surface area contributed by atoms with Crippen molar-refractivity contribution in [2.75, 3.05) is 0 Å². The first-order valence-corrected chi connectivity index (χ1v) is 5.20. The van der Waals surface area contributed by atoms with E-state index in [-0.39, 0.29) is 5.75 Å². The zero-order valence-electron chi connectivity index (χ0n) is 9.41. The van der Waals surface area contributed by atoms with E-state index < -0.39 is 17.9 Å². The number of aromatic hydroxyl groups is 1. The number of phenolic OH excluding ortho intramolecular Hbond substituents is 1. The molecule has 19 heavy (non-hydrogen) atoms. The van der Waals surface area contributed by atoms with Gasteiger partial charge in [-0.25, -0.2) is 4.39 Å². The second kappa shape index (κ2) is 4.79. The predicted molar refractivity (Wildman–Crippen MR) is 60.2 cm³/mol. The molecule has 0 aliphatic heterocycles. The average Bonchev–Trinajstić information content (AvgIpc) is 2.31. The second-order valence-corrected chi connectivity index (χ2v) is 3.74. The van der Waals surface area contributed by atoms with Gasteiger partial charge in [0, 0.05) is 0 Å². The molecule has 0 atom stereocenters. The van der Waals surface area contributed by atoms with Gasteiger partial charge >= 0.3 is 6.36 Å². The molecule has 2 nitrogen and oxygen atoms in total. The summed E-state index contributed by atoms with van der Waals surface area (Å²) >= 11 is 0. The van der Waals surface area contributed by atoms with E-state index in [2.05, 4.69) is 4.74 Å². The minimum absolute atomic E-state index is 0.0428. The number of benzene rings is 2. The van der Waals surface area contributed by atoms with Crippen molar-refractivity contribution < 1.29 is 27.4 Å². The summed E-state index contributed by atoms with van der Waals surface area (Å²) in [6, 6.07) is 8.98. The Kier molecular flexibility index (Phi) is 3.33. The number of alkyl halides is 3. The van der Waals surface area contributed by atoms with Crippen LogP contribution in [-0.4, -0.2) is 11.5 Å². The molecule has 2 rings (SSSR count). The Balaban J connectivity index is 2.31. The molecule has 0 spiro atoms. The van der Waals surface area contributed by atoms with E-state index >= 15 is 0 Å². The molecule has 0 heterocycles. The fourth-order valence-corrected chi connectivity index (χ4v) is 1.54. The van der Waals surface area contributed by atoms with Crippen LogP contribution in [0.3, 0.4) is 0 Å². The van der Waals surface area contributed by atoms with Crippen molar-refractivity contribution in [3.05, 3.63) is 48.3 Å². The van der Waals surface area contributed by atoms with Crippen LogP contribution in [0, 0.1) is 5.82 Å². The summed E-state index contributed by atoms with van der Waals surface area (Å²) in [5.74, 6) is -1.95. The molecule has 0 aromatic heterocycles. The summed E-state index contributed by atoms with van der Waals surface area (Å²) in [7, 11) is 0. The van der Waals surface area contributed by atoms with E-state index in [9.17, 15) is 17.6 Å².